The Labute approximate surface area is 177 Å². The molecule has 1 aliphatic heterocycles. The van der Waals surface area contributed by atoms with Crippen LogP contribution in [0.25, 0.3) is 5.65 Å². The molecule has 1 saturated heterocycles. The second-order valence-electron chi connectivity index (χ2n) is 7.17. The number of anilines is 1. The van der Waals surface area contributed by atoms with Gasteiger partial charge in [-0.25, -0.2) is 4.52 Å². The first-order chi connectivity index (χ1) is 14.0. The van der Waals surface area contributed by atoms with Gasteiger partial charge in [0.2, 0.25) is 0 Å². The lowest BCUT2D eigenvalue weighted by atomic mass is 9.98. The summed E-state index contributed by atoms with van der Waals surface area (Å²) >= 11 is 7.61. The van der Waals surface area contributed by atoms with E-state index in [4.69, 9.17) is 11.6 Å². The van der Waals surface area contributed by atoms with Gasteiger partial charge in [0.1, 0.15) is 5.65 Å². The molecule has 0 saturated carbocycles. The van der Waals surface area contributed by atoms with Crippen LogP contribution in [-0.4, -0.2) is 38.2 Å². The number of aryl methyl sites for hydroxylation is 1. The van der Waals surface area contributed by atoms with Gasteiger partial charge in [0, 0.05) is 35.6 Å². The molecule has 152 valence electrons. The molecule has 1 aliphatic rings. The van der Waals surface area contributed by atoms with Gasteiger partial charge in [0.25, 0.3) is 11.5 Å². The molecule has 29 heavy (non-hydrogen) atoms. The minimum absolute atomic E-state index is 0.0736. The van der Waals surface area contributed by atoms with Crippen molar-refractivity contribution in [2.24, 2.45) is 0 Å². The van der Waals surface area contributed by atoms with E-state index >= 15 is 0 Å². The lowest BCUT2D eigenvalue weighted by molar-refractivity contribution is 0.0607. The van der Waals surface area contributed by atoms with Gasteiger partial charge in [0.05, 0.1) is 23.0 Å². The van der Waals surface area contributed by atoms with Crippen LogP contribution in [0.4, 0.5) is 5.69 Å². The highest BCUT2D eigenvalue weighted by atomic mass is 35.5. The van der Waals surface area contributed by atoms with Crippen molar-refractivity contribution in [2.75, 3.05) is 17.5 Å². The van der Waals surface area contributed by atoms with Gasteiger partial charge >= 0.3 is 0 Å². The van der Waals surface area contributed by atoms with Gasteiger partial charge in [0.15, 0.2) is 0 Å². The standard InChI is InChI=1S/C20H22ClN5O2S/c1-12-11-26-18(22-19(12)27)10-16(23-26)17-5-3-4-8-25(17)20(28)14-9-13(21)6-7-15(14)24-29-2/h6-7,9-11,17,24H,3-5,8H2,1-2H3,(H,22,27). The second kappa shape index (κ2) is 8.12. The Bertz CT molecular complexity index is 1130. The van der Waals surface area contributed by atoms with Crippen molar-refractivity contribution < 1.29 is 4.79 Å². The number of aromatic nitrogens is 3. The minimum atomic E-state index is -0.152. The number of nitrogens with zero attached hydrogens (tertiary/aromatic N) is 3. The van der Waals surface area contributed by atoms with Crippen molar-refractivity contribution in [3.63, 3.8) is 0 Å². The maximum atomic E-state index is 13.5. The Balaban J connectivity index is 1.72. The summed E-state index contributed by atoms with van der Waals surface area (Å²) in [5.74, 6) is -0.0736. The average molecular weight is 432 g/mol. The zero-order valence-corrected chi connectivity index (χ0v) is 17.8. The number of hydrogen-bond donors (Lipinski definition) is 2. The van der Waals surface area contributed by atoms with E-state index in [2.05, 4.69) is 14.8 Å². The van der Waals surface area contributed by atoms with Gasteiger partial charge in [-0.2, -0.15) is 5.10 Å². The fourth-order valence-electron chi connectivity index (χ4n) is 3.75. The van der Waals surface area contributed by atoms with Gasteiger partial charge in [-0.1, -0.05) is 23.5 Å². The number of piperidine rings is 1. The van der Waals surface area contributed by atoms with Crippen molar-refractivity contribution >= 4 is 40.8 Å². The summed E-state index contributed by atoms with van der Waals surface area (Å²) in [5.41, 5.74) is 3.15. The lowest BCUT2D eigenvalue weighted by Crippen LogP contribution is -2.39. The Morgan fingerprint density at radius 2 is 2.17 bits per heavy atom. The number of nitrogens with one attached hydrogen (secondary N) is 2. The summed E-state index contributed by atoms with van der Waals surface area (Å²) in [4.78, 5) is 30.1. The zero-order valence-electron chi connectivity index (χ0n) is 16.2. The van der Waals surface area contributed by atoms with Crippen LogP contribution in [0.15, 0.2) is 35.3 Å². The van der Waals surface area contributed by atoms with E-state index in [1.54, 1.807) is 29.8 Å². The lowest BCUT2D eigenvalue weighted by Gasteiger charge is -2.35. The van der Waals surface area contributed by atoms with Crippen molar-refractivity contribution in [3.8, 4) is 0 Å². The first-order valence-corrected chi connectivity index (χ1v) is 11.1. The first-order valence-electron chi connectivity index (χ1n) is 9.46. The van der Waals surface area contributed by atoms with Crippen molar-refractivity contribution in [1.29, 1.82) is 0 Å². The molecule has 0 bridgehead atoms. The largest absolute Gasteiger partial charge is 0.330 e. The van der Waals surface area contributed by atoms with Crippen molar-refractivity contribution in [2.45, 2.75) is 32.2 Å². The Morgan fingerprint density at radius 1 is 1.34 bits per heavy atom. The van der Waals surface area contributed by atoms with Crippen LogP contribution in [0.3, 0.4) is 0 Å². The summed E-state index contributed by atoms with van der Waals surface area (Å²) in [6.07, 6.45) is 6.40. The highest BCUT2D eigenvalue weighted by Gasteiger charge is 2.31. The summed E-state index contributed by atoms with van der Waals surface area (Å²) in [5, 5.41) is 5.17. The molecule has 7 nitrogen and oxygen atoms in total. The summed E-state index contributed by atoms with van der Waals surface area (Å²) in [6, 6.07) is 7.00. The number of rotatable bonds is 4. The van der Waals surface area contributed by atoms with Crippen LogP contribution in [0, 0.1) is 6.92 Å². The van der Waals surface area contributed by atoms with Crippen molar-refractivity contribution in [1.82, 2.24) is 19.5 Å². The monoisotopic (exact) mass is 431 g/mol. The molecule has 1 fully saturated rings. The molecule has 3 aromatic rings. The Morgan fingerprint density at radius 3 is 2.97 bits per heavy atom. The average Bonchev–Trinajstić information content (AvgIpc) is 3.12. The molecule has 0 spiro atoms. The fraction of sp³-hybridized carbons (Fsp3) is 0.350. The van der Waals surface area contributed by atoms with E-state index in [1.807, 2.05) is 23.3 Å². The van der Waals surface area contributed by atoms with Gasteiger partial charge in [-0.05, 0) is 44.4 Å². The maximum Gasteiger partial charge on any atom is 0.256 e. The fourth-order valence-corrected chi connectivity index (χ4v) is 4.32. The predicted octanol–water partition coefficient (Wildman–Crippen LogP) is 4.04. The van der Waals surface area contributed by atoms with Crippen LogP contribution < -0.4 is 10.3 Å². The van der Waals surface area contributed by atoms with E-state index in [9.17, 15) is 9.59 Å². The van der Waals surface area contributed by atoms with E-state index in [1.165, 1.54) is 11.9 Å². The van der Waals surface area contributed by atoms with E-state index in [-0.39, 0.29) is 17.5 Å². The molecule has 2 N–H and O–H groups in total. The number of hydrogen-bond acceptors (Lipinski definition) is 5. The van der Waals surface area contributed by atoms with Gasteiger partial charge < -0.3 is 14.6 Å². The molecule has 4 rings (SSSR count). The van der Waals surface area contributed by atoms with Crippen LogP contribution in [0.2, 0.25) is 5.02 Å². The first kappa shape index (κ1) is 19.8. The van der Waals surface area contributed by atoms with Crippen LogP contribution in [0.1, 0.15) is 46.9 Å². The number of fused-ring (bicyclic) bond motifs is 1. The zero-order chi connectivity index (χ0) is 20.5. The van der Waals surface area contributed by atoms with Crippen LogP contribution >= 0.6 is 23.5 Å². The molecule has 0 radical (unpaired) electrons. The molecule has 9 heteroatoms. The third-order valence-corrected chi connectivity index (χ3v) is 5.86. The number of H-pyrrole nitrogens is 1. The molecule has 0 aliphatic carbocycles. The SMILES string of the molecule is CSNc1ccc(Cl)cc1C(=O)N1CCCCC1c1cc2[nH]c(=O)c(C)cn2n1. The number of amides is 1. The molecule has 1 unspecified atom stereocenters. The summed E-state index contributed by atoms with van der Waals surface area (Å²) in [6.45, 7) is 2.40. The maximum absolute atomic E-state index is 13.5. The highest BCUT2D eigenvalue weighted by molar-refractivity contribution is 7.99. The number of benzene rings is 1. The third-order valence-electron chi connectivity index (χ3n) is 5.20. The second-order valence-corrected chi connectivity index (χ2v) is 8.22. The van der Waals surface area contributed by atoms with Gasteiger partial charge in [-0.15, -0.1) is 0 Å². The Kier molecular flexibility index (Phi) is 5.56. The molecular formula is C20H22ClN5O2S. The molecular weight excluding hydrogens is 410 g/mol. The third kappa shape index (κ3) is 3.86. The molecule has 1 amide bonds. The van der Waals surface area contributed by atoms with E-state index < -0.39 is 0 Å². The molecule has 1 atom stereocenters. The van der Waals surface area contributed by atoms with Crippen molar-refractivity contribution in [3.05, 3.63) is 62.7 Å². The summed E-state index contributed by atoms with van der Waals surface area (Å²) < 4.78 is 4.83. The number of likely N-dealkylation sites (tertiary alicyclic amines) is 1. The number of carbonyl (C=O) groups is 1. The topological polar surface area (TPSA) is 82.5 Å². The number of halogens is 1. The molecule has 3 heterocycles. The number of aromatic amines is 1. The normalized spacial score (nSPS) is 16.9. The van der Waals surface area contributed by atoms with E-state index in [0.717, 1.165) is 30.6 Å². The summed E-state index contributed by atoms with van der Waals surface area (Å²) in [7, 11) is 0. The van der Waals surface area contributed by atoms with E-state index in [0.29, 0.717) is 28.3 Å². The number of carbonyl (C=O) groups excluding carboxylic acids is 1. The van der Waals surface area contributed by atoms with Crippen LogP contribution in [0.5, 0.6) is 0 Å². The van der Waals surface area contributed by atoms with Gasteiger partial charge in [-0.3, -0.25) is 9.59 Å². The molecule has 1 aromatic carbocycles. The predicted molar refractivity (Wildman–Crippen MR) is 117 cm³/mol. The quantitative estimate of drug-likeness (QED) is 0.609. The Hall–Kier alpha value is -2.45. The minimum Gasteiger partial charge on any atom is -0.330 e. The molecule has 2 aromatic heterocycles. The smallest absolute Gasteiger partial charge is 0.256 e. The highest BCUT2D eigenvalue weighted by Crippen LogP contribution is 2.34. The van der Waals surface area contributed by atoms with Crippen LogP contribution in [-0.2, 0) is 0 Å².